The van der Waals surface area contributed by atoms with Crippen LogP contribution in [-0.4, -0.2) is 69.2 Å². The van der Waals surface area contributed by atoms with Crippen LogP contribution in [0.5, 0.6) is 11.5 Å². The van der Waals surface area contributed by atoms with Crippen LogP contribution in [0.2, 0.25) is 0 Å². The van der Waals surface area contributed by atoms with Gasteiger partial charge >= 0.3 is 11.9 Å². The summed E-state index contributed by atoms with van der Waals surface area (Å²) in [6.45, 7) is 19.0. The second-order valence-corrected chi connectivity index (χ2v) is 15.9. The molecule has 0 heterocycles. The van der Waals surface area contributed by atoms with Crippen molar-refractivity contribution in [2.24, 2.45) is 0 Å². The lowest BCUT2D eigenvalue weighted by Crippen LogP contribution is -2.38. The van der Waals surface area contributed by atoms with Gasteiger partial charge < -0.3 is 19.7 Å². The molecular formula is C48H64N2O6. The summed E-state index contributed by atoms with van der Waals surface area (Å²) in [6, 6.07) is 32.6. The summed E-state index contributed by atoms with van der Waals surface area (Å²) in [7, 11) is 0. The first kappa shape index (κ1) is 44.4. The zero-order valence-corrected chi connectivity index (χ0v) is 34.8. The molecule has 0 saturated heterocycles. The average Bonchev–Trinajstić information content (AvgIpc) is 3.18. The number of carbonyl (C=O) groups excluding carboxylic acids is 2. The highest BCUT2D eigenvalue weighted by Crippen LogP contribution is 2.38. The molecule has 4 rings (SSSR count). The number of benzene rings is 4. The summed E-state index contributed by atoms with van der Waals surface area (Å²) >= 11 is 0. The van der Waals surface area contributed by atoms with E-state index in [1.165, 1.54) is 0 Å². The van der Waals surface area contributed by atoms with Crippen LogP contribution in [0.1, 0.15) is 126 Å². The first-order valence-electron chi connectivity index (χ1n) is 20.3. The second kappa shape index (κ2) is 21.8. The van der Waals surface area contributed by atoms with Crippen molar-refractivity contribution in [3.8, 4) is 11.5 Å². The maximum Gasteiger partial charge on any atom is 0.311 e. The highest BCUT2D eigenvalue weighted by atomic mass is 16.5. The lowest BCUT2D eigenvalue weighted by atomic mass is 9.86. The molecule has 0 aliphatic heterocycles. The third kappa shape index (κ3) is 12.6. The summed E-state index contributed by atoms with van der Waals surface area (Å²) in [5, 5.41) is 20.2. The number of hydrogen-bond acceptors (Lipinski definition) is 8. The van der Waals surface area contributed by atoms with Crippen molar-refractivity contribution in [2.45, 2.75) is 130 Å². The van der Waals surface area contributed by atoms with E-state index < -0.39 is 11.9 Å². The van der Waals surface area contributed by atoms with E-state index in [1.807, 2.05) is 48.5 Å². The number of nitrogens with zero attached hydrogens (tertiary/aromatic N) is 2. The van der Waals surface area contributed by atoms with E-state index in [0.717, 1.165) is 59.3 Å². The second-order valence-electron chi connectivity index (χ2n) is 15.9. The fourth-order valence-corrected chi connectivity index (χ4v) is 7.83. The van der Waals surface area contributed by atoms with Gasteiger partial charge in [0.2, 0.25) is 0 Å². The highest BCUT2D eigenvalue weighted by molar-refractivity contribution is 5.80. The molecular weight excluding hydrogens is 701 g/mol. The van der Waals surface area contributed by atoms with Gasteiger partial charge in [-0.3, -0.25) is 19.4 Å². The van der Waals surface area contributed by atoms with Crippen LogP contribution in [0.4, 0.5) is 0 Å². The number of ether oxygens (including phenoxy) is 2. The molecule has 2 N–H and O–H groups in total. The van der Waals surface area contributed by atoms with E-state index in [-0.39, 0.29) is 37.9 Å². The summed E-state index contributed by atoms with van der Waals surface area (Å²) in [5.41, 5.74) is 5.28. The van der Waals surface area contributed by atoms with E-state index in [0.29, 0.717) is 35.7 Å². The SMILES string of the molecule is CC(C)N(CCC(c1ccccc1)c1cc(CO)ccc1OC(=O)CCC(=O)Oc1ccc(CO)cc1C(CCN(C(C)C)C(C)C)c1ccccc1)C(C)C. The van der Waals surface area contributed by atoms with Gasteiger partial charge in [0.1, 0.15) is 11.5 Å². The summed E-state index contributed by atoms with van der Waals surface area (Å²) in [5.74, 6) is -0.446. The molecule has 2 unspecified atom stereocenters. The molecule has 4 aromatic carbocycles. The lowest BCUT2D eigenvalue weighted by molar-refractivity contribution is -0.140. The van der Waals surface area contributed by atoms with Gasteiger partial charge in [-0.15, -0.1) is 0 Å². The predicted octanol–water partition coefficient (Wildman–Crippen LogP) is 9.24. The molecule has 8 nitrogen and oxygen atoms in total. The van der Waals surface area contributed by atoms with Gasteiger partial charge in [0.25, 0.3) is 0 Å². The molecule has 4 aromatic rings. The van der Waals surface area contributed by atoms with Crippen molar-refractivity contribution in [1.29, 1.82) is 0 Å². The molecule has 2 atom stereocenters. The molecule has 0 aromatic heterocycles. The van der Waals surface area contributed by atoms with Crippen molar-refractivity contribution in [3.63, 3.8) is 0 Å². The maximum absolute atomic E-state index is 13.5. The van der Waals surface area contributed by atoms with Gasteiger partial charge in [-0.2, -0.15) is 0 Å². The van der Waals surface area contributed by atoms with Gasteiger partial charge in [-0.1, -0.05) is 72.8 Å². The zero-order valence-electron chi connectivity index (χ0n) is 34.8. The summed E-state index contributed by atoms with van der Waals surface area (Å²) in [4.78, 5) is 31.8. The van der Waals surface area contributed by atoms with Crippen molar-refractivity contribution < 1.29 is 29.3 Å². The van der Waals surface area contributed by atoms with Gasteiger partial charge in [-0.25, -0.2) is 0 Å². The van der Waals surface area contributed by atoms with Gasteiger partial charge in [0.05, 0.1) is 26.1 Å². The minimum Gasteiger partial charge on any atom is -0.426 e. The molecule has 0 bridgehead atoms. The largest absolute Gasteiger partial charge is 0.426 e. The van der Waals surface area contributed by atoms with Crippen LogP contribution in [0.3, 0.4) is 0 Å². The molecule has 8 heteroatoms. The Morgan fingerprint density at radius 1 is 0.518 bits per heavy atom. The van der Waals surface area contributed by atoms with Crippen molar-refractivity contribution in [3.05, 3.63) is 130 Å². The van der Waals surface area contributed by atoms with Crippen LogP contribution in [-0.2, 0) is 22.8 Å². The van der Waals surface area contributed by atoms with Gasteiger partial charge in [0, 0.05) is 47.1 Å². The van der Waals surface area contributed by atoms with E-state index in [1.54, 1.807) is 24.3 Å². The van der Waals surface area contributed by atoms with E-state index in [2.05, 4.69) is 89.5 Å². The number of aliphatic hydroxyl groups is 2. The Kier molecular flexibility index (Phi) is 17.3. The van der Waals surface area contributed by atoms with Crippen LogP contribution in [0.15, 0.2) is 97.1 Å². The maximum atomic E-state index is 13.5. The fraction of sp³-hybridized carbons (Fsp3) is 0.458. The topological polar surface area (TPSA) is 99.5 Å². The lowest BCUT2D eigenvalue weighted by Gasteiger charge is -2.32. The number of aliphatic hydroxyl groups excluding tert-OH is 2. The molecule has 0 radical (unpaired) electrons. The number of carbonyl (C=O) groups is 2. The number of esters is 2. The zero-order chi connectivity index (χ0) is 40.8. The third-order valence-electron chi connectivity index (χ3n) is 10.7. The predicted molar refractivity (Wildman–Crippen MR) is 225 cm³/mol. The van der Waals surface area contributed by atoms with Gasteiger partial charge in [-0.05, 0) is 128 Å². The molecule has 0 spiro atoms. The molecule has 302 valence electrons. The van der Waals surface area contributed by atoms with Crippen LogP contribution < -0.4 is 9.47 Å². The van der Waals surface area contributed by atoms with E-state index >= 15 is 0 Å². The standard InChI is InChI=1S/C48H64N2O6/c1-33(2)49(34(3)4)27-25-41(39-15-11-9-12-16-39)43-29-37(31-51)19-21-45(43)55-47(53)23-24-48(54)56-46-22-20-38(32-52)30-44(46)42(40-17-13-10-14-18-40)26-28-50(35(5)6)36(7)8/h9-22,29-30,33-36,41-42,51-52H,23-28,31-32H2,1-8H3. The number of rotatable bonds is 21. The van der Waals surface area contributed by atoms with Gasteiger partial charge in [0.15, 0.2) is 0 Å². The minimum atomic E-state index is -0.543. The highest BCUT2D eigenvalue weighted by Gasteiger charge is 2.26. The Bertz CT molecular complexity index is 1660. The first-order chi connectivity index (χ1) is 26.8. The summed E-state index contributed by atoms with van der Waals surface area (Å²) < 4.78 is 12.0. The molecule has 0 saturated carbocycles. The molecule has 0 amide bonds. The molecule has 56 heavy (non-hydrogen) atoms. The Hall–Kier alpha value is -4.34. The normalized spacial score (nSPS) is 12.9. The number of hydrogen-bond donors (Lipinski definition) is 2. The molecule has 0 aliphatic carbocycles. The van der Waals surface area contributed by atoms with E-state index in [4.69, 9.17) is 9.47 Å². The Balaban J connectivity index is 1.55. The average molecular weight is 765 g/mol. The van der Waals surface area contributed by atoms with Crippen molar-refractivity contribution >= 4 is 11.9 Å². The molecule has 0 aliphatic rings. The van der Waals surface area contributed by atoms with Crippen LogP contribution in [0, 0.1) is 0 Å². The minimum absolute atomic E-state index is 0.0958. The smallest absolute Gasteiger partial charge is 0.311 e. The summed E-state index contributed by atoms with van der Waals surface area (Å²) in [6.07, 6.45) is 1.21. The Morgan fingerprint density at radius 2 is 0.857 bits per heavy atom. The Labute approximate surface area is 335 Å². The monoisotopic (exact) mass is 764 g/mol. The van der Waals surface area contributed by atoms with E-state index in [9.17, 15) is 19.8 Å². The van der Waals surface area contributed by atoms with Crippen LogP contribution >= 0.6 is 0 Å². The van der Waals surface area contributed by atoms with Crippen molar-refractivity contribution in [2.75, 3.05) is 13.1 Å². The van der Waals surface area contributed by atoms with Crippen LogP contribution in [0.25, 0.3) is 0 Å². The molecule has 0 fully saturated rings. The quantitative estimate of drug-likeness (QED) is 0.0640. The third-order valence-corrected chi connectivity index (χ3v) is 10.7. The van der Waals surface area contributed by atoms with Crippen molar-refractivity contribution in [1.82, 2.24) is 9.80 Å². The first-order valence-corrected chi connectivity index (χ1v) is 20.3. The Morgan fingerprint density at radius 3 is 1.16 bits per heavy atom. The fourth-order valence-electron chi connectivity index (χ4n) is 7.83.